The number of aryl methyl sites for hydroxylation is 2. The van der Waals surface area contributed by atoms with Crippen LogP contribution in [0.5, 0.6) is 0 Å². The highest BCUT2D eigenvalue weighted by molar-refractivity contribution is 6.35. The molecule has 0 aliphatic rings. The van der Waals surface area contributed by atoms with Crippen molar-refractivity contribution in [3.63, 3.8) is 0 Å². The summed E-state index contributed by atoms with van der Waals surface area (Å²) in [5, 5.41) is 10.1. The Labute approximate surface area is 126 Å². The molecule has 0 saturated heterocycles. The molecule has 1 aromatic heterocycles. The first-order valence-electron chi connectivity index (χ1n) is 6.63. The third-order valence-corrected chi connectivity index (χ3v) is 3.48. The van der Waals surface area contributed by atoms with Gasteiger partial charge in [-0.3, -0.25) is 4.79 Å². The van der Waals surface area contributed by atoms with E-state index in [1.165, 1.54) is 0 Å². The SMILES string of the molecule is CCOC(=O)c1[nH]c2c(Cl)cc(C)cc2c1CCC(=O)O. The highest BCUT2D eigenvalue weighted by atomic mass is 35.5. The molecule has 112 valence electrons. The number of esters is 1. The third kappa shape index (κ3) is 3.19. The number of benzene rings is 1. The fourth-order valence-electron chi connectivity index (χ4n) is 2.31. The Hall–Kier alpha value is -2.01. The van der Waals surface area contributed by atoms with Crippen LogP contribution in [0.1, 0.15) is 35.0 Å². The van der Waals surface area contributed by atoms with Crippen LogP contribution in [0.15, 0.2) is 12.1 Å². The Bertz CT molecular complexity index is 705. The summed E-state index contributed by atoms with van der Waals surface area (Å²) in [6, 6.07) is 3.67. The zero-order valence-corrected chi connectivity index (χ0v) is 12.6. The number of hydrogen-bond acceptors (Lipinski definition) is 3. The number of rotatable bonds is 5. The Balaban J connectivity index is 2.59. The van der Waals surface area contributed by atoms with E-state index in [-0.39, 0.29) is 25.1 Å². The molecule has 1 aromatic carbocycles. The average Bonchev–Trinajstić information content (AvgIpc) is 2.75. The van der Waals surface area contributed by atoms with Crippen LogP contribution in [0, 0.1) is 6.92 Å². The zero-order valence-electron chi connectivity index (χ0n) is 11.8. The fourth-order valence-corrected chi connectivity index (χ4v) is 2.63. The molecule has 1 heterocycles. The van der Waals surface area contributed by atoms with Crippen molar-refractivity contribution in [3.05, 3.63) is 34.0 Å². The first-order chi connectivity index (χ1) is 9.93. The zero-order chi connectivity index (χ0) is 15.6. The van der Waals surface area contributed by atoms with Gasteiger partial charge >= 0.3 is 11.9 Å². The largest absolute Gasteiger partial charge is 0.481 e. The lowest BCUT2D eigenvalue weighted by molar-refractivity contribution is -0.136. The quantitative estimate of drug-likeness (QED) is 0.830. The van der Waals surface area contributed by atoms with Gasteiger partial charge in [-0.25, -0.2) is 4.79 Å². The second kappa shape index (κ2) is 6.18. The minimum absolute atomic E-state index is 0.0646. The number of ether oxygens (including phenoxy) is 1. The van der Waals surface area contributed by atoms with Crippen molar-refractivity contribution in [2.45, 2.75) is 26.7 Å². The average molecular weight is 310 g/mol. The van der Waals surface area contributed by atoms with Gasteiger partial charge in [0.05, 0.1) is 17.1 Å². The van der Waals surface area contributed by atoms with Crippen molar-refractivity contribution in [3.8, 4) is 0 Å². The monoisotopic (exact) mass is 309 g/mol. The number of carbonyl (C=O) groups excluding carboxylic acids is 1. The summed E-state index contributed by atoms with van der Waals surface area (Å²) in [6.45, 7) is 3.86. The normalized spacial score (nSPS) is 10.8. The number of halogens is 1. The van der Waals surface area contributed by atoms with E-state index in [1.807, 2.05) is 13.0 Å². The summed E-state index contributed by atoms with van der Waals surface area (Å²) >= 11 is 6.19. The molecule has 0 spiro atoms. The van der Waals surface area contributed by atoms with Crippen molar-refractivity contribution in [1.82, 2.24) is 4.98 Å². The maximum atomic E-state index is 12.0. The lowest BCUT2D eigenvalue weighted by atomic mass is 10.0. The summed E-state index contributed by atoms with van der Waals surface area (Å²) in [6.07, 6.45) is 0.175. The molecular formula is C15H16ClNO4. The predicted octanol–water partition coefficient (Wildman–Crippen LogP) is 3.32. The maximum absolute atomic E-state index is 12.0. The highest BCUT2D eigenvalue weighted by Gasteiger charge is 2.20. The molecule has 0 amide bonds. The standard InChI is InChI=1S/C15H16ClNO4/c1-3-21-15(20)14-9(4-5-12(18)19)10-6-8(2)7-11(16)13(10)17-14/h6-7,17H,3-5H2,1-2H3,(H,18,19). The summed E-state index contributed by atoms with van der Waals surface area (Å²) < 4.78 is 5.01. The van der Waals surface area contributed by atoms with Crippen molar-refractivity contribution >= 4 is 34.4 Å². The van der Waals surface area contributed by atoms with Crippen LogP contribution >= 0.6 is 11.6 Å². The number of carbonyl (C=O) groups is 2. The molecule has 21 heavy (non-hydrogen) atoms. The van der Waals surface area contributed by atoms with E-state index in [0.717, 1.165) is 10.9 Å². The van der Waals surface area contributed by atoms with Gasteiger partial charge in [-0.1, -0.05) is 11.6 Å². The number of aromatic amines is 1. The number of fused-ring (bicyclic) bond motifs is 1. The van der Waals surface area contributed by atoms with E-state index in [1.54, 1.807) is 13.0 Å². The van der Waals surface area contributed by atoms with Crippen LogP contribution in [0.4, 0.5) is 0 Å². The van der Waals surface area contributed by atoms with E-state index >= 15 is 0 Å². The van der Waals surface area contributed by atoms with Crippen molar-refractivity contribution in [2.24, 2.45) is 0 Å². The summed E-state index contributed by atoms with van der Waals surface area (Å²) in [5.74, 6) is -1.42. The first-order valence-corrected chi connectivity index (χ1v) is 7.01. The first kappa shape index (κ1) is 15.4. The lowest BCUT2D eigenvalue weighted by Crippen LogP contribution is -2.09. The molecule has 0 aliphatic heterocycles. The molecule has 2 N–H and O–H groups in total. The van der Waals surface area contributed by atoms with Gasteiger partial charge in [-0.05, 0) is 43.5 Å². The molecule has 0 bridgehead atoms. The summed E-state index contributed by atoms with van der Waals surface area (Å²) in [5.41, 5.74) is 2.49. The van der Waals surface area contributed by atoms with Gasteiger partial charge in [0.15, 0.2) is 0 Å². The molecule has 6 heteroatoms. The number of nitrogens with one attached hydrogen (secondary N) is 1. The van der Waals surface area contributed by atoms with Gasteiger partial charge in [0.2, 0.25) is 0 Å². The minimum Gasteiger partial charge on any atom is -0.481 e. The highest BCUT2D eigenvalue weighted by Crippen LogP contribution is 2.31. The Morgan fingerprint density at radius 2 is 2.10 bits per heavy atom. The number of aromatic nitrogens is 1. The number of carboxylic acid groups (broad SMARTS) is 1. The van der Waals surface area contributed by atoms with E-state index in [2.05, 4.69) is 4.98 Å². The van der Waals surface area contributed by atoms with E-state index < -0.39 is 11.9 Å². The number of hydrogen-bond donors (Lipinski definition) is 2. The van der Waals surface area contributed by atoms with Crippen LogP contribution < -0.4 is 0 Å². The molecule has 0 fully saturated rings. The van der Waals surface area contributed by atoms with Gasteiger partial charge < -0.3 is 14.8 Å². The van der Waals surface area contributed by atoms with Crippen LogP contribution in [0.25, 0.3) is 10.9 Å². The second-order valence-corrected chi connectivity index (χ2v) is 5.17. The van der Waals surface area contributed by atoms with Crippen LogP contribution in [0.3, 0.4) is 0 Å². The van der Waals surface area contributed by atoms with E-state index in [4.69, 9.17) is 21.4 Å². The van der Waals surface area contributed by atoms with Crippen molar-refractivity contribution in [2.75, 3.05) is 6.61 Å². The Morgan fingerprint density at radius 1 is 1.38 bits per heavy atom. The van der Waals surface area contributed by atoms with Crippen LogP contribution in [-0.2, 0) is 16.0 Å². The topological polar surface area (TPSA) is 79.4 Å². The fraction of sp³-hybridized carbons (Fsp3) is 0.333. The number of aliphatic carboxylic acids is 1. The van der Waals surface area contributed by atoms with Crippen molar-refractivity contribution < 1.29 is 19.4 Å². The number of carboxylic acids is 1. The summed E-state index contributed by atoms with van der Waals surface area (Å²) in [4.78, 5) is 25.8. The molecule has 2 rings (SSSR count). The van der Waals surface area contributed by atoms with Gasteiger partial charge in [0.1, 0.15) is 5.69 Å². The molecule has 0 radical (unpaired) electrons. The number of H-pyrrole nitrogens is 1. The van der Waals surface area contributed by atoms with Gasteiger partial charge in [0.25, 0.3) is 0 Å². The van der Waals surface area contributed by atoms with E-state index in [9.17, 15) is 9.59 Å². The van der Waals surface area contributed by atoms with Crippen molar-refractivity contribution in [1.29, 1.82) is 0 Å². The molecule has 0 unspecified atom stereocenters. The molecule has 5 nitrogen and oxygen atoms in total. The van der Waals surface area contributed by atoms with Crippen LogP contribution in [-0.4, -0.2) is 28.6 Å². The smallest absolute Gasteiger partial charge is 0.355 e. The third-order valence-electron chi connectivity index (χ3n) is 3.18. The molecule has 0 saturated carbocycles. The molecule has 0 atom stereocenters. The Kier molecular flexibility index (Phi) is 4.53. The second-order valence-electron chi connectivity index (χ2n) is 4.76. The van der Waals surface area contributed by atoms with Gasteiger partial charge in [-0.15, -0.1) is 0 Å². The maximum Gasteiger partial charge on any atom is 0.355 e. The minimum atomic E-state index is -0.919. The molecular weight excluding hydrogens is 294 g/mol. The van der Waals surface area contributed by atoms with Gasteiger partial charge in [-0.2, -0.15) is 0 Å². The van der Waals surface area contributed by atoms with Gasteiger partial charge in [0, 0.05) is 11.8 Å². The molecule has 2 aromatic rings. The predicted molar refractivity (Wildman–Crippen MR) is 80.0 cm³/mol. The van der Waals surface area contributed by atoms with E-state index in [0.29, 0.717) is 16.1 Å². The van der Waals surface area contributed by atoms with Crippen LogP contribution in [0.2, 0.25) is 5.02 Å². The lowest BCUT2D eigenvalue weighted by Gasteiger charge is -2.03. The summed E-state index contributed by atoms with van der Waals surface area (Å²) in [7, 11) is 0. The molecule has 0 aliphatic carbocycles. The Morgan fingerprint density at radius 3 is 2.71 bits per heavy atom.